The van der Waals surface area contributed by atoms with E-state index in [2.05, 4.69) is 20.8 Å². The summed E-state index contributed by atoms with van der Waals surface area (Å²) in [6.07, 6.45) is 9.28. The Hall–Kier alpha value is -0.0800. The quantitative estimate of drug-likeness (QED) is 0.706. The molecule has 4 unspecified atom stereocenters. The molecule has 0 amide bonds. The fraction of sp³-hybridized carbons (Fsp3) is 1.00. The van der Waals surface area contributed by atoms with Crippen molar-refractivity contribution in [3.63, 3.8) is 0 Å². The number of hydrogen-bond donors (Lipinski definition) is 1. The molecule has 4 atom stereocenters. The van der Waals surface area contributed by atoms with Crippen LogP contribution in [-0.4, -0.2) is 23.9 Å². The minimum Gasteiger partial charge on any atom is -0.390 e. The highest BCUT2D eigenvalue weighted by atomic mass is 16.5. The molecular formula is C16H32O2. The second kappa shape index (κ2) is 8.92. The molecule has 0 radical (unpaired) electrons. The van der Waals surface area contributed by atoms with E-state index in [-0.39, 0.29) is 12.2 Å². The minimum atomic E-state index is -0.225. The van der Waals surface area contributed by atoms with Crippen molar-refractivity contribution in [1.29, 1.82) is 0 Å². The van der Waals surface area contributed by atoms with Crippen molar-refractivity contribution in [3.05, 3.63) is 0 Å². The summed E-state index contributed by atoms with van der Waals surface area (Å²) in [7, 11) is 0. The van der Waals surface area contributed by atoms with E-state index in [1.807, 2.05) is 0 Å². The van der Waals surface area contributed by atoms with Gasteiger partial charge in [0, 0.05) is 6.61 Å². The van der Waals surface area contributed by atoms with Gasteiger partial charge >= 0.3 is 0 Å². The summed E-state index contributed by atoms with van der Waals surface area (Å²) in [4.78, 5) is 0. The molecule has 1 saturated carbocycles. The lowest BCUT2D eigenvalue weighted by Crippen LogP contribution is -2.36. The van der Waals surface area contributed by atoms with Crippen LogP contribution in [0.1, 0.15) is 72.1 Å². The highest BCUT2D eigenvalue weighted by molar-refractivity contribution is 4.80. The summed E-state index contributed by atoms with van der Waals surface area (Å²) in [5.41, 5.74) is 0. The van der Waals surface area contributed by atoms with Crippen LogP contribution in [0.25, 0.3) is 0 Å². The summed E-state index contributed by atoms with van der Waals surface area (Å²) >= 11 is 0. The van der Waals surface area contributed by atoms with E-state index in [9.17, 15) is 5.11 Å². The molecule has 1 fully saturated rings. The van der Waals surface area contributed by atoms with E-state index in [0.717, 1.165) is 25.4 Å². The second-order valence-corrected chi connectivity index (χ2v) is 5.94. The van der Waals surface area contributed by atoms with E-state index < -0.39 is 0 Å². The molecular weight excluding hydrogens is 224 g/mol. The number of rotatable bonds is 8. The van der Waals surface area contributed by atoms with Crippen LogP contribution >= 0.6 is 0 Å². The smallest absolute Gasteiger partial charge is 0.0836 e. The van der Waals surface area contributed by atoms with Crippen molar-refractivity contribution in [2.75, 3.05) is 6.61 Å². The van der Waals surface area contributed by atoms with Gasteiger partial charge in [-0.3, -0.25) is 0 Å². The lowest BCUT2D eigenvalue weighted by atomic mass is 9.84. The predicted octanol–water partition coefficient (Wildman–Crippen LogP) is 4.16. The van der Waals surface area contributed by atoms with Gasteiger partial charge in [-0.05, 0) is 37.5 Å². The van der Waals surface area contributed by atoms with Crippen LogP contribution in [0.2, 0.25) is 0 Å². The average Bonchev–Trinajstić information content (AvgIpc) is 2.40. The molecule has 1 aliphatic rings. The Kier molecular flexibility index (Phi) is 7.92. The van der Waals surface area contributed by atoms with E-state index in [0.29, 0.717) is 5.92 Å². The minimum absolute atomic E-state index is 0.0966. The molecule has 0 spiro atoms. The van der Waals surface area contributed by atoms with Gasteiger partial charge in [-0.2, -0.15) is 0 Å². The van der Waals surface area contributed by atoms with Crippen molar-refractivity contribution in [1.82, 2.24) is 0 Å². The molecule has 0 aromatic rings. The topological polar surface area (TPSA) is 29.5 Å². The Bertz CT molecular complexity index is 205. The van der Waals surface area contributed by atoms with E-state index in [1.54, 1.807) is 0 Å². The van der Waals surface area contributed by atoms with E-state index in [1.165, 1.54) is 38.5 Å². The van der Waals surface area contributed by atoms with Crippen molar-refractivity contribution >= 4 is 0 Å². The number of hydrogen-bond acceptors (Lipinski definition) is 2. The number of unbranched alkanes of at least 4 members (excludes halogenated alkanes) is 1. The summed E-state index contributed by atoms with van der Waals surface area (Å²) in [6, 6.07) is 0. The first kappa shape index (κ1) is 16.0. The molecule has 1 aliphatic carbocycles. The SMILES string of the molecule is CCCCC(CC)COC1CC(CC)CCC1O. The molecule has 2 nitrogen and oxygen atoms in total. The third-order valence-corrected chi connectivity index (χ3v) is 4.53. The molecule has 0 aromatic carbocycles. The Morgan fingerprint density at radius 2 is 2.00 bits per heavy atom. The second-order valence-electron chi connectivity index (χ2n) is 5.94. The fourth-order valence-corrected chi connectivity index (χ4v) is 2.90. The maximum absolute atomic E-state index is 10.0. The summed E-state index contributed by atoms with van der Waals surface area (Å²) in [5.74, 6) is 1.44. The fourth-order valence-electron chi connectivity index (χ4n) is 2.90. The van der Waals surface area contributed by atoms with Gasteiger partial charge in [-0.25, -0.2) is 0 Å². The maximum atomic E-state index is 10.0. The Labute approximate surface area is 113 Å². The van der Waals surface area contributed by atoms with Gasteiger partial charge in [0.25, 0.3) is 0 Å². The zero-order valence-corrected chi connectivity index (χ0v) is 12.5. The van der Waals surface area contributed by atoms with Crippen LogP contribution in [-0.2, 0) is 4.74 Å². The largest absolute Gasteiger partial charge is 0.390 e. The van der Waals surface area contributed by atoms with Crippen molar-refractivity contribution in [3.8, 4) is 0 Å². The predicted molar refractivity (Wildman–Crippen MR) is 76.7 cm³/mol. The van der Waals surface area contributed by atoms with Crippen LogP contribution in [0.4, 0.5) is 0 Å². The molecule has 1 N–H and O–H groups in total. The van der Waals surface area contributed by atoms with Crippen molar-refractivity contribution in [2.24, 2.45) is 11.8 Å². The number of aliphatic hydroxyl groups excluding tert-OH is 1. The summed E-state index contributed by atoms with van der Waals surface area (Å²) in [6.45, 7) is 7.57. The third-order valence-electron chi connectivity index (χ3n) is 4.53. The average molecular weight is 256 g/mol. The molecule has 0 bridgehead atoms. The first-order valence-electron chi connectivity index (χ1n) is 8.00. The standard InChI is InChI=1S/C16H32O2/c1-4-7-8-14(6-3)12-18-16-11-13(5-2)9-10-15(16)17/h13-17H,4-12H2,1-3H3. The van der Waals surface area contributed by atoms with Gasteiger partial charge in [0.2, 0.25) is 0 Å². The molecule has 0 aliphatic heterocycles. The molecule has 0 aromatic heterocycles. The summed E-state index contributed by atoms with van der Waals surface area (Å²) < 4.78 is 6.03. The normalized spacial score (nSPS) is 30.3. The molecule has 0 saturated heterocycles. The van der Waals surface area contributed by atoms with E-state index in [4.69, 9.17) is 4.74 Å². The monoisotopic (exact) mass is 256 g/mol. The van der Waals surface area contributed by atoms with Crippen molar-refractivity contribution < 1.29 is 9.84 Å². The molecule has 18 heavy (non-hydrogen) atoms. The van der Waals surface area contributed by atoms with Crippen LogP contribution in [0, 0.1) is 11.8 Å². The Morgan fingerprint density at radius 1 is 1.22 bits per heavy atom. The van der Waals surface area contributed by atoms with Crippen LogP contribution in [0.3, 0.4) is 0 Å². The zero-order chi connectivity index (χ0) is 13.4. The number of aliphatic hydroxyl groups is 1. The van der Waals surface area contributed by atoms with Crippen LogP contribution < -0.4 is 0 Å². The molecule has 1 rings (SSSR count). The molecule has 108 valence electrons. The zero-order valence-electron chi connectivity index (χ0n) is 12.5. The van der Waals surface area contributed by atoms with Gasteiger partial charge in [-0.15, -0.1) is 0 Å². The van der Waals surface area contributed by atoms with Crippen molar-refractivity contribution in [2.45, 2.75) is 84.3 Å². The molecule has 2 heteroatoms. The highest BCUT2D eigenvalue weighted by Crippen LogP contribution is 2.29. The van der Waals surface area contributed by atoms with Crippen LogP contribution in [0.5, 0.6) is 0 Å². The lowest BCUT2D eigenvalue weighted by Gasteiger charge is -2.33. The van der Waals surface area contributed by atoms with Crippen LogP contribution in [0.15, 0.2) is 0 Å². The third kappa shape index (κ3) is 5.27. The lowest BCUT2D eigenvalue weighted by molar-refractivity contribution is -0.0820. The Morgan fingerprint density at radius 3 is 2.61 bits per heavy atom. The van der Waals surface area contributed by atoms with Gasteiger partial charge in [0.15, 0.2) is 0 Å². The first-order valence-corrected chi connectivity index (χ1v) is 8.00. The summed E-state index contributed by atoms with van der Waals surface area (Å²) in [5, 5.41) is 10.0. The van der Waals surface area contributed by atoms with E-state index >= 15 is 0 Å². The number of ether oxygens (including phenoxy) is 1. The van der Waals surface area contributed by atoms with Gasteiger partial charge < -0.3 is 9.84 Å². The van der Waals surface area contributed by atoms with Gasteiger partial charge in [0.05, 0.1) is 12.2 Å². The highest BCUT2D eigenvalue weighted by Gasteiger charge is 2.29. The first-order chi connectivity index (χ1) is 8.71. The maximum Gasteiger partial charge on any atom is 0.0836 e. The molecule has 0 heterocycles. The van der Waals surface area contributed by atoms with Gasteiger partial charge in [-0.1, -0.05) is 46.5 Å². The van der Waals surface area contributed by atoms with Gasteiger partial charge in [0.1, 0.15) is 0 Å². The Balaban J connectivity index is 2.30.